The molecule has 0 bridgehead atoms. The third-order valence-corrected chi connectivity index (χ3v) is 4.85. The first-order chi connectivity index (χ1) is 12.9. The Morgan fingerprint density at radius 2 is 1.81 bits per heavy atom. The molecule has 1 aliphatic rings. The molecule has 1 aliphatic heterocycles. The topological polar surface area (TPSA) is 122 Å². The number of nitrogens with zero attached hydrogens (tertiary/aromatic N) is 4. The van der Waals surface area contributed by atoms with E-state index < -0.39 is 11.2 Å². The van der Waals surface area contributed by atoms with Crippen molar-refractivity contribution >= 4 is 23.0 Å². The van der Waals surface area contributed by atoms with Crippen LogP contribution in [0.15, 0.2) is 9.59 Å². The van der Waals surface area contributed by atoms with Crippen molar-refractivity contribution < 1.29 is 9.59 Å². The average Bonchev–Trinajstić information content (AvgIpc) is 3.33. The van der Waals surface area contributed by atoms with E-state index in [9.17, 15) is 19.2 Å². The third kappa shape index (κ3) is 3.93. The number of hydrogen-bond acceptors (Lipinski definition) is 5. The molecule has 2 aromatic rings. The Bertz CT molecular complexity index is 980. The van der Waals surface area contributed by atoms with Gasteiger partial charge in [0.1, 0.15) is 11.3 Å². The van der Waals surface area contributed by atoms with Gasteiger partial charge in [0.25, 0.3) is 5.56 Å². The fraction of sp³-hybridized carbons (Fsp3) is 0.588. The largest absolute Gasteiger partial charge is 0.356 e. The number of carbonyl (C=O) groups is 2. The summed E-state index contributed by atoms with van der Waals surface area (Å²) < 4.78 is 2.32. The summed E-state index contributed by atoms with van der Waals surface area (Å²) in [7, 11) is 2.96. The number of amides is 2. The maximum absolute atomic E-state index is 12.1. The number of imidazole rings is 1. The summed E-state index contributed by atoms with van der Waals surface area (Å²) in [6.07, 6.45) is 2.82. The summed E-state index contributed by atoms with van der Waals surface area (Å²) in [6, 6.07) is 0. The van der Waals surface area contributed by atoms with Crippen LogP contribution in [0.5, 0.6) is 0 Å². The summed E-state index contributed by atoms with van der Waals surface area (Å²) in [5.41, 5.74) is -0.324. The lowest BCUT2D eigenvalue weighted by atomic mass is 10.2. The molecule has 1 saturated heterocycles. The van der Waals surface area contributed by atoms with Crippen molar-refractivity contribution in [2.24, 2.45) is 14.1 Å². The lowest BCUT2D eigenvalue weighted by Gasteiger charge is -2.14. The van der Waals surface area contributed by atoms with Crippen LogP contribution in [0.4, 0.5) is 0 Å². The van der Waals surface area contributed by atoms with Crippen LogP contribution in [0.1, 0.15) is 31.5 Å². The van der Waals surface area contributed by atoms with Crippen LogP contribution in [0.25, 0.3) is 11.2 Å². The maximum Gasteiger partial charge on any atom is 0.332 e. The highest BCUT2D eigenvalue weighted by Gasteiger charge is 2.18. The number of aromatic amines is 1. The van der Waals surface area contributed by atoms with Gasteiger partial charge in [0.05, 0.1) is 0 Å². The normalized spacial score (nSPS) is 14.1. The zero-order valence-corrected chi connectivity index (χ0v) is 15.6. The van der Waals surface area contributed by atoms with Crippen LogP contribution in [-0.2, 0) is 30.1 Å². The van der Waals surface area contributed by atoms with Gasteiger partial charge in [-0.05, 0) is 12.8 Å². The Balaban J connectivity index is 1.53. The van der Waals surface area contributed by atoms with Crippen LogP contribution in [0.3, 0.4) is 0 Å². The van der Waals surface area contributed by atoms with E-state index in [1.165, 1.54) is 11.6 Å². The third-order valence-electron chi connectivity index (χ3n) is 4.85. The maximum atomic E-state index is 12.1. The monoisotopic (exact) mass is 376 g/mol. The lowest BCUT2D eigenvalue weighted by molar-refractivity contribution is -0.132. The Morgan fingerprint density at radius 3 is 2.52 bits per heavy atom. The summed E-state index contributed by atoms with van der Waals surface area (Å²) >= 11 is 0. The van der Waals surface area contributed by atoms with E-state index in [0.717, 1.165) is 30.5 Å². The van der Waals surface area contributed by atoms with E-state index in [-0.39, 0.29) is 30.2 Å². The van der Waals surface area contributed by atoms with Crippen molar-refractivity contribution in [1.29, 1.82) is 0 Å². The summed E-state index contributed by atoms with van der Waals surface area (Å²) in [6.45, 7) is 1.90. The summed E-state index contributed by atoms with van der Waals surface area (Å²) in [4.78, 5) is 56.9. The predicted octanol–water partition coefficient (Wildman–Crippen LogP) is -0.978. The molecular formula is C17H24N6O4. The first kappa shape index (κ1) is 18.9. The minimum Gasteiger partial charge on any atom is -0.356 e. The smallest absolute Gasteiger partial charge is 0.332 e. The van der Waals surface area contributed by atoms with Crippen molar-refractivity contribution in [2.75, 3.05) is 19.6 Å². The van der Waals surface area contributed by atoms with Crippen molar-refractivity contribution in [3.05, 3.63) is 26.7 Å². The molecule has 2 N–H and O–H groups in total. The fourth-order valence-electron chi connectivity index (χ4n) is 3.25. The van der Waals surface area contributed by atoms with E-state index in [4.69, 9.17) is 0 Å². The molecule has 0 atom stereocenters. The molecule has 3 heterocycles. The van der Waals surface area contributed by atoms with Crippen LogP contribution < -0.4 is 16.6 Å². The van der Waals surface area contributed by atoms with E-state index >= 15 is 0 Å². The molecule has 0 unspecified atom stereocenters. The van der Waals surface area contributed by atoms with Crippen molar-refractivity contribution in [3.8, 4) is 0 Å². The molecular weight excluding hydrogens is 352 g/mol. The molecule has 2 amide bonds. The highest BCUT2D eigenvalue weighted by Crippen LogP contribution is 2.09. The van der Waals surface area contributed by atoms with Crippen molar-refractivity contribution in [3.63, 3.8) is 0 Å². The molecule has 1 fully saturated rings. The number of H-pyrrole nitrogens is 1. The number of aromatic nitrogens is 4. The van der Waals surface area contributed by atoms with Crippen LogP contribution >= 0.6 is 0 Å². The highest BCUT2D eigenvalue weighted by atomic mass is 16.2. The van der Waals surface area contributed by atoms with Gasteiger partial charge in [-0.25, -0.2) is 9.78 Å². The van der Waals surface area contributed by atoms with Crippen LogP contribution in [0.2, 0.25) is 0 Å². The minimum absolute atomic E-state index is 0.0247. The highest BCUT2D eigenvalue weighted by molar-refractivity contribution is 5.83. The first-order valence-electron chi connectivity index (χ1n) is 9.07. The number of likely N-dealkylation sites (tertiary alicyclic amines) is 1. The van der Waals surface area contributed by atoms with Gasteiger partial charge < -0.3 is 15.2 Å². The second-order valence-electron chi connectivity index (χ2n) is 6.78. The fourth-order valence-corrected chi connectivity index (χ4v) is 3.25. The summed E-state index contributed by atoms with van der Waals surface area (Å²) in [5, 5.41) is 2.75. The van der Waals surface area contributed by atoms with Gasteiger partial charge in [-0.3, -0.25) is 23.5 Å². The van der Waals surface area contributed by atoms with E-state index in [1.807, 2.05) is 0 Å². The molecule has 27 heavy (non-hydrogen) atoms. The Kier molecular flexibility index (Phi) is 5.43. The van der Waals surface area contributed by atoms with E-state index in [0.29, 0.717) is 24.4 Å². The van der Waals surface area contributed by atoms with E-state index in [1.54, 1.807) is 11.9 Å². The van der Waals surface area contributed by atoms with Gasteiger partial charge in [-0.15, -0.1) is 0 Å². The molecule has 0 saturated carbocycles. The molecule has 0 aliphatic carbocycles. The first-order valence-corrected chi connectivity index (χ1v) is 9.07. The zero-order chi connectivity index (χ0) is 19.6. The van der Waals surface area contributed by atoms with Crippen LogP contribution in [-0.4, -0.2) is 55.5 Å². The number of fused-ring (bicyclic) bond motifs is 1. The lowest BCUT2D eigenvalue weighted by Crippen LogP contribution is -2.36. The van der Waals surface area contributed by atoms with Crippen molar-refractivity contribution in [2.45, 2.75) is 32.1 Å². The second-order valence-corrected chi connectivity index (χ2v) is 6.78. The molecule has 2 aromatic heterocycles. The SMILES string of the molecule is Cn1c(=O)c2[nH]c(CCNC(=O)CCC(=O)N3CCCC3)nc2n(C)c1=O. The number of carbonyl (C=O) groups excluding carboxylic acids is 2. The number of aryl methyl sites for hydroxylation is 1. The summed E-state index contributed by atoms with van der Waals surface area (Å²) in [5.74, 6) is 0.343. The number of hydrogen-bond donors (Lipinski definition) is 2. The molecule has 0 spiro atoms. The number of nitrogens with one attached hydrogen (secondary N) is 2. The molecule has 146 valence electrons. The predicted molar refractivity (Wildman–Crippen MR) is 98.3 cm³/mol. The van der Waals surface area contributed by atoms with E-state index in [2.05, 4.69) is 15.3 Å². The molecule has 0 radical (unpaired) electrons. The molecule has 0 aromatic carbocycles. The Hall–Kier alpha value is -2.91. The average molecular weight is 376 g/mol. The van der Waals surface area contributed by atoms with Gasteiger partial charge in [0.2, 0.25) is 11.8 Å². The molecule has 10 nitrogen and oxygen atoms in total. The van der Waals surface area contributed by atoms with Gasteiger partial charge in [0, 0.05) is 53.0 Å². The van der Waals surface area contributed by atoms with Gasteiger partial charge in [-0.2, -0.15) is 0 Å². The second kappa shape index (κ2) is 7.77. The standard InChI is InChI=1S/C17H24N6O4/c1-21-15-14(16(26)22(2)17(21)27)19-11(20-15)7-8-18-12(24)5-6-13(25)23-9-3-4-10-23/h3-10H2,1-2H3,(H,18,24)(H,19,20). The van der Waals surface area contributed by atoms with Gasteiger partial charge >= 0.3 is 5.69 Å². The van der Waals surface area contributed by atoms with Gasteiger partial charge in [-0.1, -0.05) is 0 Å². The van der Waals surface area contributed by atoms with Crippen molar-refractivity contribution in [1.82, 2.24) is 29.3 Å². The Morgan fingerprint density at radius 1 is 1.11 bits per heavy atom. The van der Waals surface area contributed by atoms with Gasteiger partial charge in [0.15, 0.2) is 5.65 Å². The minimum atomic E-state index is -0.443. The molecule has 10 heteroatoms. The quantitative estimate of drug-likeness (QED) is 0.671. The molecule has 3 rings (SSSR count). The Labute approximate surface area is 155 Å². The van der Waals surface area contributed by atoms with Crippen LogP contribution in [0, 0.1) is 0 Å². The number of rotatable bonds is 6. The zero-order valence-electron chi connectivity index (χ0n) is 15.6.